The van der Waals surface area contributed by atoms with Crippen molar-refractivity contribution in [1.29, 1.82) is 0 Å². The zero-order valence-electron chi connectivity index (χ0n) is 16.6. The van der Waals surface area contributed by atoms with Crippen LogP contribution in [0.2, 0.25) is 0 Å². The van der Waals surface area contributed by atoms with Crippen molar-refractivity contribution in [3.05, 3.63) is 29.8 Å². The molecule has 9 heteroatoms. The molecular formula is C19H26O8S. The fourth-order valence-electron chi connectivity index (χ4n) is 3.76. The second kappa shape index (κ2) is 6.73. The van der Waals surface area contributed by atoms with Crippen molar-refractivity contribution in [2.75, 3.05) is 6.61 Å². The summed E-state index contributed by atoms with van der Waals surface area (Å²) in [5, 5.41) is 0. The molecule has 0 bridgehead atoms. The van der Waals surface area contributed by atoms with Gasteiger partial charge < -0.3 is 23.7 Å². The topological polar surface area (TPSA) is 89.5 Å². The molecule has 3 fully saturated rings. The average Bonchev–Trinajstić information content (AvgIpc) is 3.07. The molecule has 0 amide bonds. The van der Waals surface area contributed by atoms with Crippen LogP contribution in [0.1, 0.15) is 33.3 Å². The Morgan fingerprint density at radius 1 is 0.893 bits per heavy atom. The van der Waals surface area contributed by atoms with E-state index >= 15 is 0 Å². The fraction of sp³-hybridized carbons (Fsp3) is 0.684. The minimum absolute atomic E-state index is 0.0915. The van der Waals surface area contributed by atoms with Crippen molar-refractivity contribution in [3.63, 3.8) is 0 Å². The summed E-state index contributed by atoms with van der Waals surface area (Å²) in [6.07, 6.45) is -2.84. The van der Waals surface area contributed by atoms with Crippen molar-refractivity contribution in [2.45, 2.75) is 81.8 Å². The number of hydrogen-bond donors (Lipinski definition) is 0. The lowest BCUT2D eigenvalue weighted by atomic mass is 9.99. The van der Waals surface area contributed by atoms with Crippen LogP contribution < -0.4 is 0 Å². The van der Waals surface area contributed by atoms with Gasteiger partial charge in [-0.25, -0.2) is 0 Å². The van der Waals surface area contributed by atoms with Crippen LogP contribution in [0.5, 0.6) is 0 Å². The predicted molar refractivity (Wildman–Crippen MR) is 96.8 cm³/mol. The largest absolute Gasteiger partial charge is 0.342 e. The monoisotopic (exact) mass is 414 g/mol. The molecular weight excluding hydrogens is 388 g/mol. The van der Waals surface area contributed by atoms with E-state index in [1.54, 1.807) is 39.8 Å². The summed E-state index contributed by atoms with van der Waals surface area (Å²) in [6, 6.07) is 6.46. The highest BCUT2D eigenvalue weighted by atomic mass is 32.2. The molecule has 0 saturated carbocycles. The molecule has 156 valence electrons. The van der Waals surface area contributed by atoms with Gasteiger partial charge in [0.15, 0.2) is 17.9 Å². The summed E-state index contributed by atoms with van der Waals surface area (Å²) < 4.78 is 60.0. The Bertz CT molecular complexity index is 832. The molecule has 0 spiro atoms. The minimum atomic E-state index is -3.93. The van der Waals surface area contributed by atoms with E-state index in [9.17, 15) is 8.42 Å². The van der Waals surface area contributed by atoms with E-state index in [4.69, 9.17) is 27.9 Å². The first-order valence-electron chi connectivity index (χ1n) is 9.29. The van der Waals surface area contributed by atoms with E-state index in [0.29, 0.717) is 0 Å². The van der Waals surface area contributed by atoms with Crippen LogP contribution in [0.15, 0.2) is 29.2 Å². The van der Waals surface area contributed by atoms with Crippen molar-refractivity contribution in [1.82, 2.24) is 0 Å². The quantitative estimate of drug-likeness (QED) is 0.692. The lowest BCUT2D eigenvalue weighted by Gasteiger charge is -2.36. The third kappa shape index (κ3) is 3.85. The molecule has 0 aromatic heterocycles. The Labute approximate surface area is 165 Å². The van der Waals surface area contributed by atoms with Gasteiger partial charge in [-0.1, -0.05) is 17.7 Å². The van der Waals surface area contributed by atoms with E-state index in [1.807, 2.05) is 6.92 Å². The van der Waals surface area contributed by atoms with Gasteiger partial charge in [0.05, 0.1) is 11.5 Å². The zero-order valence-corrected chi connectivity index (χ0v) is 17.4. The maximum Gasteiger partial charge on any atom is 0.297 e. The van der Waals surface area contributed by atoms with Crippen LogP contribution in [0, 0.1) is 6.92 Å². The van der Waals surface area contributed by atoms with Crippen molar-refractivity contribution < 1.29 is 36.3 Å². The average molecular weight is 414 g/mol. The second-order valence-electron chi connectivity index (χ2n) is 8.26. The normalized spacial score (nSPS) is 36.1. The number of ether oxygens (including phenoxy) is 5. The van der Waals surface area contributed by atoms with Gasteiger partial charge in [-0.05, 0) is 46.8 Å². The molecule has 1 aromatic rings. The van der Waals surface area contributed by atoms with Crippen LogP contribution in [-0.4, -0.2) is 57.3 Å². The van der Waals surface area contributed by atoms with E-state index in [-0.39, 0.29) is 11.5 Å². The highest BCUT2D eigenvalue weighted by molar-refractivity contribution is 7.86. The lowest BCUT2D eigenvalue weighted by Crippen LogP contribution is -2.56. The molecule has 3 aliphatic heterocycles. The fourth-order valence-corrected chi connectivity index (χ4v) is 4.68. The summed E-state index contributed by atoms with van der Waals surface area (Å²) in [5.74, 6) is -1.68. The van der Waals surface area contributed by atoms with Crippen molar-refractivity contribution >= 4 is 10.1 Å². The first kappa shape index (κ1) is 20.2. The van der Waals surface area contributed by atoms with Gasteiger partial charge in [0.2, 0.25) is 0 Å². The Balaban J connectivity index is 1.52. The van der Waals surface area contributed by atoms with Crippen LogP contribution in [0.4, 0.5) is 0 Å². The Hall–Kier alpha value is -1.07. The number of rotatable bonds is 4. The molecule has 5 atom stereocenters. The number of fused-ring (bicyclic) bond motifs is 3. The Morgan fingerprint density at radius 3 is 2.14 bits per heavy atom. The highest BCUT2D eigenvalue weighted by Gasteiger charge is 2.60. The van der Waals surface area contributed by atoms with Crippen LogP contribution in [-0.2, 0) is 38.0 Å². The molecule has 3 aliphatic rings. The second-order valence-corrected chi connectivity index (χ2v) is 9.87. The maximum atomic E-state index is 12.5. The molecule has 4 rings (SSSR count). The molecule has 3 heterocycles. The minimum Gasteiger partial charge on any atom is -0.342 e. The predicted octanol–water partition coefficient (Wildman–Crippen LogP) is 2.10. The van der Waals surface area contributed by atoms with Gasteiger partial charge in [-0.2, -0.15) is 8.42 Å². The summed E-state index contributed by atoms with van der Waals surface area (Å²) in [4.78, 5) is 0.0915. The molecule has 3 unspecified atom stereocenters. The summed E-state index contributed by atoms with van der Waals surface area (Å²) in [5.41, 5.74) is 0.961. The number of hydrogen-bond acceptors (Lipinski definition) is 8. The molecule has 3 saturated heterocycles. The third-order valence-corrected chi connectivity index (χ3v) is 6.24. The van der Waals surface area contributed by atoms with Gasteiger partial charge in [-0.3, -0.25) is 4.18 Å². The van der Waals surface area contributed by atoms with E-state index in [2.05, 4.69) is 0 Å². The molecule has 1 aromatic carbocycles. The van der Waals surface area contributed by atoms with E-state index < -0.39 is 52.4 Å². The van der Waals surface area contributed by atoms with E-state index in [1.165, 1.54) is 12.1 Å². The zero-order chi connectivity index (χ0) is 20.3. The molecule has 28 heavy (non-hydrogen) atoms. The van der Waals surface area contributed by atoms with Gasteiger partial charge in [0.25, 0.3) is 10.1 Å². The molecule has 0 N–H and O–H groups in total. The smallest absolute Gasteiger partial charge is 0.297 e. The van der Waals surface area contributed by atoms with Crippen LogP contribution in [0.3, 0.4) is 0 Å². The van der Waals surface area contributed by atoms with E-state index in [0.717, 1.165) is 5.56 Å². The van der Waals surface area contributed by atoms with Gasteiger partial charge >= 0.3 is 0 Å². The third-order valence-electron chi connectivity index (χ3n) is 4.95. The Kier molecular flexibility index (Phi) is 4.86. The first-order valence-corrected chi connectivity index (χ1v) is 10.7. The molecule has 0 radical (unpaired) electrons. The SMILES string of the molecule is Cc1ccc(S(=O)(=O)OCC2O[C@@H]3OC(C)(C)O[C@@H]3C3OC(C)(C)OC23)cc1. The van der Waals surface area contributed by atoms with Gasteiger partial charge in [0, 0.05) is 0 Å². The van der Waals surface area contributed by atoms with Crippen molar-refractivity contribution in [3.8, 4) is 0 Å². The maximum absolute atomic E-state index is 12.5. The Morgan fingerprint density at radius 2 is 1.46 bits per heavy atom. The van der Waals surface area contributed by atoms with Gasteiger partial charge in [0.1, 0.15) is 24.4 Å². The van der Waals surface area contributed by atoms with Crippen LogP contribution in [0.25, 0.3) is 0 Å². The lowest BCUT2D eigenvalue weighted by molar-refractivity contribution is -0.238. The highest BCUT2D eigenvalue weighted by Crippen LogP contribution is 2.44. The standard InChI is InChI=1S/C19H26O8S/c1-11-6-8-12(9-7-11)28(20,21)22-10-13-14-15(25-18(2,3)24-14)16-17(23-13)27-19(4,5)26-16/h6-9,13-17H,10H2,1-5H3/t13?,14?,15?,16-,17-/m1/s1. The van der Waals surface area contributed by atoms with Crippen LogP contribution >= 0.6 is 0 Å². The first-order chi connectivity index (χ1) is 13.0. The molecule has 8 nitrogen and oxygen atoms in total. The number of aryl methyl sites for hydroxylation is 1. The van der Waals surface area contributed by atoms with Crippen molar-refractivity contribution in [2.24, 2.45) is 0 Å². The summed E-state index contributed by atoms with van der Waals surface area (Å²) >= 11 is 0. The van der Waals surface area contributed by atoms with Gasteiger partial charge in [-0.15, -0.1) is 0 Å². The molecule has 0 aliphatic carbocycles. The summed E-state index contributed by atoms with van der Waals surface area (Å²) in [7, 11) is -3.93. The summed E-state index contributed by atoms with van der Waals surface area (Å²) in [6.45, 7) is 8.83. The number of benzene rings is 1.